The van der Waals surface area contributed by atoms with Crippen LogP contribution in [-0.2, 0) is 12.0 Å². The number of amides is 1. The van der Waals surface area contributed by atoms with E-state index in [-0.39, 0.29) is 17.1 Å². The lowest BCUT2D eigenvalue weighted by Crippen LogP contribution is -2.17. The molecule has 0 atom stereocenters. The molecule has 6 heteroatoms. The summed E-state index contributed by atoms with van der Waals surface area (Å²) in [5.74, 6) is 0.926. The number of rotatable bonds is 7. The van der Waals surface area contributed by atoms with E-state index in [1.807, 2.05) is 12.1 Å². The van der Waals surface area contributed by atoms with Crippen molar-refractivity contribution in [1.82, 2.24) is 5.43 Å². The molecule has 0 aliphatic heterocycles. The van der Waals surface area contributed by atoms with Gasteiger partial charge in [0, 0.05) is 5.56 Å². The number of benzene rings is 3. The normalized spacial score (nSPS) is 11.4. The second-order valence-corrected chi connectivity index (χ2v) is 8.39. The first-order valence-corrected chi connectivity index (χ1v) is 10.3. The molecule has 0 unspecified atom stereocenters. The van der Waals surface area contributed by atoms with E-state index in [4.69, 9.17) is 9.47 Å². The van der Waals surface area contributed by atoms with E-state index in [9.17, 15) is 9.90 Å². The zero-order valence-electron chi connectivity index (χ0n) is 18.8. The van der Waals surface area contributed by atoms with Crippen molar-refractivity contribution in [2.45, 2.75) is 32.8 Å². The maximum atomic E-state index is 12.1. The molecule has 0 fully saturated rings. The molecule has 0 aliphatic carbocycles. The summed E-state index contributed by atoms with van der Waals surface area (Å²) in [5.41, 5.74) is 6.07. The first-order chi connectivity index (χ1) is 15.3. The average Bonchev–Trinajstić information content (AvgIpc) is 2.78. The minimum absolute atomic E-state index is 0.0985. The van der Waals surface area contributed by atoms with E-state index < -0.39 is 0 Å². The van der Waals surface area contributed by atoms with Gasteiger partial charge in [0.25, 0.3) is 5.91 Å². The monoisotopic (exact) mass is 432 g/mol. The highest BCUT2D eigenvalue weighted by atomic mass is 16.5. The number of carbonyl (C=O) groups excluding carboxylic acids is 1. The molecular weight excluding hydrogens is 404 g/mol. The van der Waals surface area contributed by atoms with Crippen LogP contribution in [0, 0.1) is 0 Å². The van der Waals surface area contributed by atoms with Crippen molar-refractivity contribution in [2.75, 3.05) is 7.11 Å². The lowest BCUT2D eigenvalue weighted by Gasteiger charge is -2.19. The van der Waals surface area contributed by atoms with Crippen LogP contribution in [0.5, 0.6) is 17.2 Å². The number of carbonyl (C=O) groups is 1. The summed E-state index contributed by atoms with van der Waals surface area (Å²) in [6.07, 6.45) is 1.52. The highest BCUT2D eigenvalue weighted by Gasteiger charge is 2.13. The highest BCUT2D eigenvalue weighted by Crippen LogP contribution is 2.29. The number of methoxy groups -OCH3 is 1. The van der Waals surface area contributed by atoms with Gasteiger partial charge in [-0.25, -0.2) is 5.43 Å². The molecule has 2 N–H and O–H groups in total. The summed E-state index contributed by atoms with van der Waals surface area (Å²) >= 11 is 0. The van der Waals surface area contributed by atoms with Gasteiger partial charge in [0.1, 0.15) is 12.4 Å². The summed E-state index contributed by atoms with van der Waals surface area (Å²) < 4.78 is 11.4. The van der Waals surface area contributed by atoms with Crippen molar-refractivity contribution in [2.24, 2.45) is 5.10 Å². The third kappa shape index (κ3) is 6.11. The summed E-state index contributed by atoms with van der Waals surface area (Å²) in [4.78, 5) is 12.1. The second kappa shape index (κ2) is 10.0. The molecule has 0 bridgehead atoms. The molecule has 0 saturated carbocycles. The SMILES string of the molecule is COc1cc(/C=N\NC(=O)c2ccc(O)cc2)ccc1OCc1ccc(C(C)(C)C)cc1. The molecule has 32 heavy (non-hydrogen) atoms. The molecule has 0 heterocycles. The van der Waals surface area contributed by atoms with Gasteiger partial charge >= 0.3 is 0 Å². The molecule has 6 nitrogen and oxygen atoms in total. The molecule has 3 aromatic rings. The molecule has 0 saturated heterocycles. The fourth-order valence-electron chi connectivity index (χ4n) is 2.99. The van der Waals surface area contributed by atoms with Crippen LogP contribution in [-0.4, -0.2) is 24.3 Å². The quantitative estimate of drug-likeness (QED) is 0.405. The maximum absolute atomic E-state index is 12.1. The average molecular weight is 433 g/mol. The van der Waals surface area contributed by atoms with E-state index in [0.717, 1.165) is 11.1 Å². The van der Waals surface area contributed by atoms with Crippen LogP contribution in [0.1, 0.15) is 47.8 Å². The number of aromatic hydroxyl groups is 1. The summed E-state index contributed by atoms with van der Waals surface area (Å²) in [5, 5.41) is 13.3. The number of hydrogen-bond acceptors (Lipinski definition) is 5. The van der Waals surface area contributed by atoms with E-state index >= 15 is 0 Å². The molecule has 3 aromatic carbocycles. The zero-order valence-corrected chi connectivity index (χ0v) is 18.8. The van der Waals surface area contributed by atoms with Gasteiger partial charge in [-0.2, -0.15) is 5.10 Å². The van der Waals surface area contributed by atoms with E-state index in [1.165, 1.54) is 36.0 Å². The number of nitrogens with zero attached hydrogens (tertiary/aromatic N) is 1. The largest absolute Gasteiger partial charge is 0.508 e. The van der Waals surface area contributed by atoms with Crippen LogP contribution in [0.4, 0.5) is 0 Å². The van der Waals surface area contributed by atoms with E-state index in [0.29, 0.717) is 23.7 Å². The zero-order chi connectivity index (χ0) is 23.1. The van der Waals surface area contributed by atoms with Crippen LogP contribution in [0.3, 0.4) is 0 Å². The van der Waals surface area contributed by atoms with E-state index in [2.05, 4.69) is 55.6 Å². The smallest absolute Gasteiger partial charge is 0.271 e. The Bertz CT molecular complexity index is 1080. The van der Waals surface area contributed by atoms with Gasteiger partial charge < -0.3 is 14.6 Å². The van der Waals surface area contributed by atoms with Crippen molar-refractivity contribution in [3.63, 3.8) is 0 Å². The van der Waals surface area contributed by atoms with Gasteiger partial charge in [0.15, 0.2) is 11.5 Å². The van der Waals surface area contributed by atoms with Gasteiger partial charge in [-0.3, -0.25) is 4.79 Å². The summed E-state index contributed by atoms with van der Waals surface area (Å²) in [6, 6.07) is 19.8. The Hall–Kier alpha value is -3.80. The summed E-state index contributed by atoms with van der Waals surface area (Å²) in [7, 11) is 1.58. The van der Waals surface area contributed by atoms with Gasteiger partial charge in [0.2, 0.25) is 0 Å². The molecule has 0 spiro atoms. The lowest BCUT2D eigenvalue weighted by atomic mass is 9.87. The fraction of sp³-hybridized carbons (Fsp3) is 0.231. The minimum Gasteiger partial charge on any atom is -0.508 e. The van der Waals surface area contributed by atoms with Crippen molar-refractivity contribution in [1.29, 1.82) is 0 Å². The number of nitrogens with one attached hydrogen (secondary N) is 1. The number of phenols is 1. The van der Waals surface area contributed by atoms with Crippen LogP contribution in [0.25, 0.3) is 0 Å². The Morgan fingerprint density at radius 1 is 1.00 bits per heavy atom. The van der Waals surface area contributed by atoms with Crippen molar-refractivity contribution in [3.05, 3.63) is 89.0 Å². The maximum Gasteiger partial charge on any atom is 0.271 e. The van der Waals surface area contributed by atoms with Crippen LogP contribution in [0.15, 0.2) is 71.8 Å². The fourth-order valence-corrected chi connectivity index (χ4v) is 2.99. The standard InChI is InChI=1S/C26H28N2O4/c1-26(2,3)21-10-5-18(6-11-21)17-32-23-14-7-19(15-24(23)31-4)16-27-28-25(30)20-8-12-22(29)13-9-20/h5-16,29H,17H2,1-4H3,(H,28,30)/b27-16-. The first-order valence-electron chi connectivity index (χ1n) is 10.3. The third-order valence-electron chi connectivity index (χ3n) is 4.91. The second-order valence-electron chi connectivity index (χ2n) is 8.39. The molecule has 0 aromatic heterocycles. The topological polar surface area (TPSA) is 80.2 Å². The van der Waals surface area contributed by atoms with Crippen molar-refractivity contribution >= 4 is 12.1 Å². The Labute approximate surface area is 188 Å². The minimum atomic E-state index is -0.370. The third-order valence-corrected chi connectivity index (χ3v) is 4.91. The highest BCUT2D eigenvalue weighted by molar-refractivity contribution is 5.95. The molecular formula is C26H28N2O4. The number of phenolic OH excluding ortho intramolecular Hbond substituents is 1. The Balaban J connectivity index is 1.60. The lowest BCUT2D eigenvalue weighted by molar-refractivity contribution is 0.0955. The van der Waals surface area contributed by atoms with Crippen LogP contribution in [0.2, 0.25) is 0 Å². The number of ether oxygens (including phenoxy) is 2. The molecule has 0 aliphatic rings. The predicted octanol–water partition coefficient (Wildman–Crippen LogP) is 5.04. The molecule has 1 amide bonds. The number of hydrogen-bond donors (Lipinski definition) is 2. The predicted molar refractivity (Wildman–Crippen MR) is 126 cm³/mol. The van der Waals surface area contributed by atoms with Crippen molar-refractivity contribution in [3.8, 4) is 17.2 Å². The molecule has 0 radical (unpaired) electrons. The molecule has 3 rings (SSSR count). The molecule has 166 valence electrons. The Morgan fingerprint density at radius 2 is 1.69 bits per heavy atom. The first kappa shape index (κ1) is 22.9. The van der Waals surface area contributed by atoms with Crippen LogP contribution < -0.4 is 14.9 Å². The van der Waals surface area contributed by atoms with Gasteiger partial charge in [0.05, 0.1) is 13.3 Å². The Kier molecular flexibility index (Phi) is 7.15. The Morgan fingerprint density at radius 3 is 2.31 bits per heavy atom. The van der Waals surface area contributed by atoms with Crippen LogP contribution >= 0.6 is 0 Å². The van der Waals surface area contributed by atoms with Crippen molar-refractivity contribution < 1.29 is 19.4 Å². The van der Waals surface area contributed by atoms with E-state index in [1.54, 1.807) is 13.2 Å². The van der Waals surface area contributed by atoms with Gasteiger partial charge in [-0.1, -0.05) is 45.0 Å². The van der Waals surface area contributed by atoms with Gasteiger partial charge in [-0.15, -0.1) is 0 Å². The van der Waals surface area contributed by atoms with Gasteiger partial charge in [-0.05, 0) is 64.6 Å². The summed E-state index contributed by atoms with van der Waals surface area (Å²) in [6.45, 7) is 6.99. The number of hydrazone groups is 1.